The average Bonchev–Trinajstić information content (AvgIpc) is 2.62. The summed E-state index contributed by atoms with van der Waals surface area (Å²) >= 11 is 0. The van der Waals surface area contributed by atoms with E-state index in [1.165, 1.54) is 5.56 Å². The maximum Gasteiger partial charge on any atom is 0.189 e. The van der Waals surface area contributed by atoms with Crippen LogP contribution in [-0.4, -0.2) is 12.9 Å². The second kappa shape index (κ2) is 5.54. The van der Waals surface area contributed by atoms with Crippen LogP contribution >= 0.6 is 0 Å². The molecular weight excluding hydrogens is 284 g/mol. The molecule has 0 saturated carbocycles. The first kappa shape index (κ1) is 14.0. The summed E-state index contributed by atoms with van der Waals surface area (Å²) in [5.41, 5.74) is 6.35. The molecule has 0 aliphatic heterocycles. The molecule has 2 aliphatic rings. The molecule has 2 aromatic carbocycles. The van der Waals surface area contributed by atoms with Crippen LogP contribution in [0.1, 0.15) is 39.9 Å². The van der Waals surface area contributed by atoms with Crippen LogP contribution in [0.15, 0.2) is 60.2 Å². The summed E-state index contributed by atoms with van der Waals surface area (Å²) in [5.74, 6) is 1.08. The molecule has 0 saturated heterocycles. The van der Waals surface area contributed by atoms with E-state index in [4.69, 9.17) is 4.74 Å². The number of Topliss-reactive ketones (excluding diaryl/α,β-unsaturated/α-hetero) is 1. The Hall–Kier alpha value is -2.61. The van der Waals surface area contributed by atoms with E-state index < -0.39 is 0 Å². The van der Waals surface area contributed by atoms with Crippen molar-refractivity contribution in [3.63, 3.8) is 0 Å². The van der Waals surface area contributed by atoms with Crippen molar-refractivity contribution in [3.05, 3.63) is 82.4 Å². The number of hydrogen-bond acceptors (Lipinski definition) is 2. The van der Waals surface area contributed by atoms with Gasteiger partial charge in [-0.1, -0.05) is 48.5 Å². The fourth-order valence-corrected chi connectivity index (χ4v) is 3.64. The summed E-state index contributed by atoms with van der Waals surface area (Å²) < 4.78 is 5.49. The molecule has 2 aromatic rings. The minimum atomic E-state index is 0.186. The fraction of sp³-hybridized carbons (Fsp3) is 0.190. The molecule has 0 aromatic heterocycles. The lowest BCUT2D eigenvalue weighted by molar-refractivity contribution is 0.102. The summed E-state index contributed by atoms with van der Waals surface area (Å²) in [6.45, 7) is 0. The molecule has 0 atom stereocenters. The van der Waals surface area contributed by atoms with E-state index in [1.54, 1.807) is 7.11 Å². The topological polar surface area (TPSA) is 26.3 Å². The molecule has 0 spiro atoms. The molecule has 0 fully saturated rings. The summed E-state index contributed by atoms with van der Waals surface area (Å²) in [6.07, 6.45) is 4.58. The quantitative estimate of drug-likeness (QED) is 0.716. The number of methoxy groups -OCH3 is 1. The van der Waals surface area contributed by atoms with Gasteiger partial charge >= 0.3 is 0 Å². The number of aryl methyl sites for hydroxylation is 1. The zero-order chi connectivity index (χ0) is 15.8. The number of ketones is 1. The molecular formula is C21H18O2. The van der Waals surface area contributed by atoms with Gasteiger partial charge in [-0.15, -0.1) is 0 Å². The van der Waals surface area contributed by atoms with Crippen LogP contribution in [0.5, 0.6) is 0 Å². The van der Waals surface area contributed by atoms with Gasteiger partial charge in [0.25, 0.3) is 0 Å². The molecule has 2 aliphatic carbocycles. The Morgan fingerprint density at radius 3 is 2.30 bits per heavy atom. The van der Waals surface area contributed by atoms with Gasteiger partial charge in [-0.3, -0.25) is 4.79 Å². The number of hydrogen-bond donors (Lipinski definition) is 0. The number of carbonyl (C=O) groups is 1. The summed E-state index contributed by atoms with van der Waals surface area (Å²) in [6, 6.07) is 16.2. The van der Waals surface area contributed by atoms with Crippen LogP contribution < -0.4 is 0 Å². The Morgan fingerprint density at radius 2 is 1.52 bits per heavy atom. The van der Waals surface area contributed by atoms with Crippen LogP contribution in [0.2, 0.25) is 0 Å². The van der Waals surface area contributed by atoms with Gasteiger partial charge in [-0.05, 0) is 42.0 Å². The summed E-state index contributed by atoms with van der Waals surface area (Å²) in [7, 11) is 1.70. The van der Waals surface area contributed by atoms with Gasteiger partial charge in [-0.2, -0.15) is 0 Å². The summed E-state index contributed by atoms with van der Waals surface area (Å²) in [5, 5.41) is 0. The van der Waals surface area contributed by atoms with Gasteiger partial charge in [0.1, 0.15) is 5.76 Å². The van der Waals surface area contributed by atoms with Gasteiger partial charge in [0, 0.05) is 16.7 Å². The third kappa shape index (κ3) is 2.22. The minimum Gasteiger partial charge on any atom is -0.496 e. The molecule has 23 heavy (non-hydrogen) atoms. The lowest BCUT2D eigenvalue weighted by Gasteiger charge is -2.25. The Bertz CT molecular complexity index is 856. The maximum absolute atomic E-state index is 13.0. The number of allylic oxidation sites excluding steroid dienone is 3. The number of benzene rings is 2. The Labute approximate surface area is 136 Å². The highest BCUT2D eigenvalue weighted by atomic mass is 16.5. The van der Waals surface area contributed by atoms with Crippen LogP contribution in [0.4, 0.5) is 0 Å². The van der Waals surface area contributed by atoms with Crippen molar-refractivity contribution in [1.29, 1.82) is 0 Å². The second-order valence-corrected chi connectivity index (χ2v) is 5.97. The molecule has 0 amide bonds. The Morgan fingerprint density at radius 1 is 0.826 bits per heavy atom. The van der Waals surface area contributed by atoms with E-state index in [-0.39, 0.29) is 5.78 Å². The second-order valence-electron chi connectivity index (χ2n) is 5.97. The third-order valence-corrected chi connectivity index (χ3v) is 4.77. The van der Waals surface area contributed by atoms with Crippen molar-refractivity contribution >= 4 is 17.1 Å². The third-order valence-electron chi connectivity index (χ3n) is 4.77. The standard InChI is InChI=1S/C21H18O2/c1-23-20-13-12-17(16-8-4-5-9-18(16)20)19-11-10-14-6-2-3-7-15(14)21(19)22/h2-9,13H,10-12H2,1H3. The largest absolute Gasteiger partial charge is 0.496 e. The van der Waals surface area contributed by atoms with Gasteiger partial charge in [0.2, 0.25) is 0 Å². The molecule has 114 valence electrons. The lowest BCUT2D eigenvalue weighted by Crippen LogP contribution is -2.16. The molecule has 0 radical (unpaired) electrons. The molecule has 4 rings (SSSR count). The Kier molecular flexibility index (Phi) is 3.38. The Balaban J connectivity index is 1.87. The molecule has 0 bridgehead atoms. The number of ether oxygens (including phenoxy) is 1. The molecule has 0 unspecified atom stereocenters. The molecule has 0 N–H and O–H groups in total. The first-order valence-corrected chi connectivity index (χ1v) is 7.98. The van der Waals surface area contributed by atoms with E-state index >= 15 is 0 Å². The monoisotopic (exact) mass is 302 g/mol. The van der Waals surface area contributed by atoms with Gasteiger partial charge < -0.3 is 4.74 Å². The van der Waals surface area contributed by atoms with E-state index in [2.05, 4.69) is 24.3 Å². The van der Waals surface area contributed by atoms with E-state index in [9.17, 15) is 4.79 Å². The first-order valence-electron chi connectivity index (χ1n) is 7.98. The zero-order valence-corrected chi connectivity index (χ0v) is 13.1. The minimum absolute atomic E-state index is 0.186. The van der Waals surface area contributed by atoms with Crippen molar-refractivity contribution in [2.75, 3.05) is 7.11 Å². The van der Waals surface area contributed by atoms with Crippen molar-refractivity contribution in [2.24, 2.45) is 0 Å². The maximum atomic E-state index is 13.0. The van der Waals surface area contributed by atoms with Crippen LogP contribution in [0.3, 0.4) is 0 Å². The van der Waals surface area contributed by atoms with Crippen LogP contribution in [-0.2, 0) is 11.2 Å². The van der Waals surface area contributed by atoms with E-state index in [1.807, 2.05) is 30.3 Å². The first-order chi connectivity index (χ1) is 11.3. The lowest BCUT2D eigenvalue weighted by atomic mass is 9.79. The molecule has 2 heteroatoms. The highest BCUT2D eigenvalue weighted by molar-refractivity contribution is 6.15. The molecule has 0 heterocycles. The SMILES string of the molecule is COC1=CCC(=C2CCc3ccccc3C2=O)c2ccccc21. The van der Waals surface area contributed by atoms with Gasteiger partial charge in [-0.25, -0.2) is 0 Å². The zero-order valence-electron chi connectivity index (χ0n) is 13.1. The van der Waals surface area contributed by atoms with Crippen LogP contribution in [0.25, 0.3) is 11.3 Å². The predicted molar refractivity (Wildman–Crippen MR) is 92.1 cm³/mol. The van der Waals surface area contributed by atoms with Crippen molar-refractivity contribution in [3.8, 4) is 0 Å². The van der Waals surface area contributed by atoms with E-state index in [0.29, 0.717) is 0 Å². The van der Waals surface area contributed by atoms with Crippen molar-refractivity contribution in [2.45, 2.75) is 19.3 Å². The number of fused-ring (bicyclic) bond motifs is 2. The van der Waals surface area contributed by atoms with E-state index in [0.717, 1.165) is 52.9 Å². The van der Waals surface area contributed by atoms with Crippen molar-refractivity contribution < 1.29 is 9.53 Å². The van der Waals surface area contributed by atoms with Crippen molar-refractivity contribution in [1.82, 2.24) is 0 Å². The molecule has 2 nitrogen and oxygen atoms in total. The summed E-state index contributed by atoms with van der Waals surface area (Å²) in [4.78, 5) is 13.0. The number of rotatable bonds is 1. The van der Waals surface area contributed by atoms with Gasteiger partial charge in [0.05, 0.1) is 7.11 Å². The number of carbonyl (C=O) groups excluding carboxylic acids is 1. The fourth-order valence-electron chi connectivity index (χ4n) is 3.64. The smallest absolute Gasteiger partial charge is 0.189 e. The highest BCUT2D eigenvalue weighted by Crippen LogP contribution is 2.39. The van der Waals surface area contributed by atoms with Crippen LogP contribution in [0, 0.1) is 0 Å². The van der Waals surface area contributed by atoms with Gasteiger partial charge in [0.15, 0.2) is 5.78 Å². The predicted octanol–water partition coefficient (Wildman–Crippen LogP) is 4.66. The highest BCUT2D eigenvalue weighted by Gasteiger charge is 2.27. The normalized spacial score (nSPS) is 19.7. The average molecular weight is 302 g/mol.